The molecule has 0 amide bonds. The second-order valence-corrected chi connectivity index (χ2v) is 6.69. The van der Waals surface area contributed by atoms with E-state index in [1.54, 1.807) is 0 Å². The molecule has 0 aliphatic rings. The van der Waals surface area contributed by atoms with E-state index < -0.39 is 0 Å². The predicted octanol–water partition coefficient (Wildman–Crippen LogP) is 2.88. The van der Waals surface area contributed by atoms with Crippen molar-refractivity contribution in [1.29, 1.82) is 0 Å². The fourth-order valence-corrected chi connectivity index (χ4v) is 2.51. The first-order valence-electron chi connectivity index (χ1n) is 7.94. The van der Waals surface area contributed by atoms with E-state index in [0.29, 0.717) is 6.04 Å². The number of rotatable bonds is 11. The number of likely N-dealkylation sites (N-methyl/N-ethyl adjacent to an activating group) is 1. The second kappa shape index (κ2) is 9.73. The Balaban J connectivity index is 3.99. The molecule has 1 unspecified atom stereocenters. The van der Waals surface area contributed by atoms with Gasteiger partial charge >= 0.3 is 0 Å². The first kappa shape index (κ1) is 18.9. The Hall–Kier alpha value is -0.120. The number of unbranched alkanes of at least 4 members (excludes halogenated alkanes) is 1. The van der Waals surface area contributed by atoms with Crippen LogP contribution in [0.5, 0.6) is 0 Å². The predicted molar refractivity (Wildman–Crippen MR) is 84.6 cm³/mol. The van der Waals surface area contributed by atoms with Gasteiger partial charge in [0.25, 0.3) is 0 Å². The highest BCUT2D eigenvalue weighted by atomic mass is 16.3. The highest BCUT2D eigenvalue weighted by Gasteiger charge is 2.21. The van der Waals surface area contributed by atoms with Crippen molar-refractivity contribution in [3.8, 4) is 0 Å². The summed E-state index contributed by atoms with van der Waals surface area (Å²) in [5.41, 5.74) is -0.102. The first-order chi connectivity index (χ1) is 8.84. The Morgan fingerprint density at radius 3 is 2.21 bits per heavy atom. The van der Waals surface area contributed by atoms with E-state index in [0.717, 1.165) is 18.9 Å². The van der Waals surface area contributed by atoms with Gasteiger partial charge in [0, 0.05) is 18.1 Å². The lowest BCUT2D eigenvalue weighted by atomic mass is 9.95. The number of nitrogens with one attached hydrogen (secondary N) is 1. The van der Waals surface area contributed by atoms with Crippen LogP contribution in [0.4, 0.5) is 0 Å². The molecule has 0 saturated carbocycles. The number of aliphatic hydroxyl groups is 1. The molecule has 0 saturated heterocycles. The quantitative estimate of drug-likeness (QED) is 0.568. The summed E-state index contributed by atoms with van der Waals surface area (Å²) < 4.78 is 0. The van der Waals surface area contributed by atoms with Gasteiger partial charge in [0.2, 0.25) is 0 Å². The molecule has 3 nitrogen and oxygen atoms in total. The third-order valence-electron chi connectivity index (χ3n) is 3.71. The van der Waals surface area contributed by atoms with Crippen molar-refractivity contribution >= 4 is 0 Å². The van der Waals surface area contributed by atoms with Crippen LogP contribution in [0.3, 0.4) is 0 Å². The summed E-state index contributed by atoms with van der Waals surface area (Å²) >= 11 is 0. The molecule has 0 bridgehead atoms. The minimum absolute atomic E-state index is 0.102. The molecule has 1 atom stereocenters. The van der Waals surface area contributed by atoms with Crippen LogP contribution in [-0.2, 0) is 0 Å². The summed E-state index contributed by atoms with van der Waals surface area (Å²) in [5.74, 6) is 0.729. The van der Waals surface area contributed by atoms with Crippen molar-refractivity contribution in [2.24, 2.45) is 5.92 Å². The monoisotopic (exact) mass is 272 g/mol. The van der Waals surface area contributed by atoms with Crippen LogP contribution in [0.15, 0.2) is 0 Å². The van der Waals surface area contributed by atoms with Crippen molar-refractivity contribution < 1.29 is 5.11 Å². The van der Waals surface area contributed by atoms with E-state index >= 15 is 0 Å². The largest absolute Gasteiger partial charge is 0.394 e. The van der Waals surface area contributed by atoms with Crippen LogP contribution >= 0.6 is 0 Å². The van der Waals surface area contributed by atoms with Gasteiger partial charge in [0.15, 0.2) is 0 Å². The molecule has 0 radical (unpaired) electrons. The Morgan fingerprint density at radius 1 is 1.16 bits per heavy atom. The zero-order valence-corrected chi connectivity index (χ0v) is 14.0. The SMILES string of the molecule is CCNC(C)(CO)CCCCN(CC(C)C)C(C)C. The van der Waals surface area contributed by atoms with Gasteiger partial charge in [-0.25, -0.2) is 0 Å². The minimum atomic E-state index is -0.102. The normalized spacial score (nSPS) is 15.5. The molecule has 19 heavy (non-hydrogen) atoms. The van der Waals surface area contributed by atoms with Crippen molar-refractivity contribution in [2.45, 2.75) is 72.4 Å². The number of aliphatic hydroxyl groups excluding tert-OH is 1. The molecule has 0 rings (SSSR count). The van der Waals surface area contributed by atoms with Crippen LogP contribution in [0.25, 0.3) is 0 Å². The maximum atomic E-state index is 9.46. The summed E-state index contributed by atoms with van der Waals surface area (Å²) in [7, 11) is 0. The van der Waals surface area contributed by atoms with Gasteiger partial charge in [-0.1, -0.05) is 27.2 Å². The highest BCUT2D eigenvalue weighted by molar-refractivity contribution is 4.81. The molecule has 0 aliphatic carbocycles. The molecule has 0 aliphatic heterocycles. The average Bonchev–Trinajstić information content (AvgIpc) is 2.32. The summed E-state index contributed by atoms with van der Waals surface area (Å²) in [5, 5.41) is 12.8. The lowest BCUT2D eigenvalue weighted by Crippen LogP contribution is -2.45. The van der Waals surface area contributed by atoms with Gasteiger partial charge in [0.1, 0.15) is 0 Å². The van der Waals surface area contributed by atoms with Gasteiger partial charge in [-0.15, -0.1) is 0 Å². The molecule has 116 valence electrons. The molecule has 0 spiro atoms. The third-order valence-corrected chi connectivity index (χ3v) is 3.71. The molecule has 3 heteroatoms. The fraction of sp³-hybridized carbons (Fsp3) is 1.00. The Morgan fingerprint density at radius 2 is 1.79 bits per heavy atom. The Kier molecular flexibility index (Phi) is 9.67. The third kappa shape index (κ3) is 8.61. The topological polar surface area (TPSA) is 35.5 Å². The lowest BCUT2D eigenvalue weighted by Gasteiger charge is -2.30. The van der Waals surface area contributed by atoms with E-state index in [1.165, 1.54) is 25.9 Å². The van der Waals surface area contributed by atoms with E-state index in [4.69, 9.17) is 0 Å². The maximum Gasteiger partial charge on any atom is 0.0610 e. The van der Waals surface area contributed by atoms with Gasteiger partial charge < -0.3 is 15.3 Å². The zero-order chi connectivity index (χ0) is 14.9. The molecule has 2 N–H and O–H groups in total. The van der Waals surface area contributed by atoms with Crippen LogP contribution in [0.2, 0.25) is 0 Å². The summed E-state index contributed by atoms with van der Waals surface area (Å²) in [4.78, 5) is 2.56. The smallest absolute Gasteiger partial charge is 0.0610 e. The van der Waals surface area contributed by atoms with E-state index in [-0.39, 0.29) is 12.1 Å². The highest BCUT2D eigenvalue weighted by Crippen LogP contribution is 2.14. The van der Waals surface area contributed by atoms with Crippen LogP contribution in [0, 0.1) is 5.92 Å². The van der Waals surface area contributed by atoms with Gasteiger partial charge in [-0.05, 0) is 52.6 Å². The molecule has 0 aromatic rings. The Bertz CT molecular complexity index is 219. The first-order valence-corrected chi connectivity index (χ1v) is 7.94. The van der Waals surface area contributed by atoms with Crippen molar-refractivity contribution in [3.05, 3.63) is 0 Å². The zero-order valence-electron chi connectivity index (χ0n) is 14.0. The van der Waals surface area contributed by atoms with E-state index in [1.807, 2.05) is 0 Å². The Labute approximate surface area is 120 Å². The number of hydrogen-bond acceptors (Lipinski definition) is 3. The van der Waals surface area contributed by atoms with Crippen LogP contribution in [-0.4, -0.2) is 47.8 Å². The lowest BCUT2D eigenvalue weighted by molar-refractivity contribution is 0.157. The number of nitrogens with zero attached hydrogens (tertiary/aromatic N) is 1. The molecular weight excluding hydrogens is 236 g/mol. The minimum Gasteiger partial charge on any atom is -0.394 e. The van der Waals surface area contributed by atoms with E-state index in [9.17, 15) is 5.11 Å². The molecule has 0 aromatic carbocycles. The van der Waals surface area contributed by atoms with Gasteiger partial charge in [-0.3, -0.25) is 0 Å². The van der Waals surface area contributed by atoms with Gasteiger partial charge in [-0.2, -0.15) is 0 Å². The summed E-state index contributed by atoms with van der Waals surface area (Å²) in [6, 6.07) is 0.625. The summed E-state index contributed by atoms with van der Waals surface area (Å²) in [6.07, 6.45) is 3.43. The molecule has 0 fully saturated rings. The van der Waals surface area contributed by atoms with E-state index in [2.05, 4.69) is 51.8 Å². The van der Waals surface area contributed by atoms with Crippen molar-refractivity contribution in [2.75, 3.05) is 26.2 Å². The van der Waals surface area contributed by atoms with Crippen molar-refractivity contribution in [1.82, 2.24) is 10.2 Å². The molecular formula is C16H36N2O. The summed E-state index contributed by atoms with van der Waals surface area (Å²) in [6.45, 7) is 16.8. The van der Waals surface area contributed by atoms with Crippen LogP contribution < -0.4 is 5.32 Å². The fourth-order valence-electron chi connectivity index (χ4n) is 2.51. The number of hydrogen-bond donors (Lipinski definition) is 2. The van der Waals surface area contributed by atoms with Crippen LogP contribution in [0.1, 0.15) is 60.8 Å². The second-order valence-electron chi connectivity index (χ2n) is 6.69. The molecule has 0 heterocycles. The van der Waals surface area contributed by atoms with Gasteiger partial charge in [0.05, 0.1) is 6.61 Å². The van der Waals surface area contributed by atoms with Crippen molar-refractivity contribution in [3.63, 3.8) is 0 Å². The standard InChI is InChI=1S/C16H36N2O/c1-7-17-16(6,13-19)10-8-9-11-18(15(4)5)12-14(2)3/h14-15,17,19H,7-13H2,1-6H3. The molecule has 0 aromatic heterocycles. The average molecular weight is 272 g/mol. The maximum absolute atomic E-state index is 9.46.